The fourth-order valence-corrected chi connectivity index (χ4v) is 6.79. The minimum Gasteiger partial charge on any atom is -0.462 e. The van der Waals surface area contributed by atoms with Crippen LogP contribution in [0.25, 0.3) is 0 Å². The summed E-state index contributed by atoms with van der Waals surface area (Å²) in [4.78, 5) is 37.4. The van der Waals surface area contributed by atoms with Gasteiger partial charge in [-0.3, -0.25) is 9.59 Å². The molecule has 7 heteroatoms. The highest BCUT2D eigenvalue weighted by molar-refractivity contribution is 5.94. The van der Waals surface area contributed by atoms with E-state index in [-0.39, 0.29) is 36.1 Å². The van der Waals surface area contributed by atoms with Crippen LogP contribution < -0.4 is 0 Å². The second-order valence-electron chi connectivity index (χ2n) is 11.2. The van der Waals surface area contributed by atoms with E-state index in [0.717, 1.165) is 11.1 Å². The lowest BCUT2D eigenvalue weighted by molar-refractivity contribution is -0.204. The van der Waals surface area contributed by atoms with Crippen molar-refractivity contribution in [1.82, 2.24) is 0 Å². The summed E-state index contributed by atoms with van der Waals surface area (Å²) in [7, 11) is 0. The number of carbonyl (C=O) groups is 3. The lowest BCUT2D eigenvalue weighted by Crippen LogP contribution is -2.63. The number of carbonyl (C=O) groups excluding carboxylic acids is 3. The van der Waals surface area contributed by atoms with Crippen molar-refractivity contribution < 1.29 is 33.7 Å². The summed E-state index contributed by atoms with van der Waals surface area (Å²) in [5.41, 5.74) is 0.406. The van der Waals surface area contributed by atoms with E-state index >= 15 is 0 Å². The summed E-state index contributed by atoms with van der Waals surface area (Å²) in [5.74, 6) is -1.33. The zero-order chi connectivity index (χ0) is 25.2. The predicted octanol–water partition coefficient (Wildman–Crippen LogP) is 4.01. The second-order valence-corrected chi connectivity index (χ2v) is 11.2. The zero-order valence-electron chi connectivity index (χ0n) is 21.1. The summed E-state index contributed by atoms with van der Waals surface area (Å²) < 4.78 is 17.5. The molecule has 34 heavy (non-hydrogen) atoms. The molecule has 7 nitrogen and oxygen atoms in total. The molecular weight excluding hydrogens is 436 g/mol. The number of rotatable bonds is 4. The van der Waals surface area contributed by atoms with Crippen LogP contribution in [0.4, 0.5) is 0 Å². The molecule has 3 aliphatic carbocycles. The molecule has 3 unspecified atom stereocenters. The van der Waals surface area contributed by atoms with Gasteiger partial charge >= 0.3 is 17.9 Å². The largest absolute Gasteiger partial charge is 0.462 e. The third-order valence-corrected chi connectivity index (χ3v) is 8.31. The molecule has 1 heterocycles. The molecule has 0 aromatic heterocycles. The van der Waals surface area contributed by atoms with Crippen molar-refractivity contribution in [2.45, 2.75) is 85.5 Å². The first-order valence-corrected chi connectivity index (χ1v) is 12.2. The van der Waals surface area contributed by atoms with Gasteiger partial charge in [0.15, 0.2) is 0 Å². The monoisotopic (exact) mass is 472 g/mol. The Bertz CT molecular complexity index is 1010. The van der Waals surface area contributed by atoms with E-state index in [1.165, 1.54) is 6.92 Å². The minimum atomic E-state index is -1.27. The van der Waals surface area contributed by atoms with Gasteiger partial charge in [-0.05, 0) is 45.1 Å². The molecule has 4 rings (SSSR count). The molecule has 1 N–H and O–H groups in total. The van der Waals surface area contributed by atoms with Crippen LogP contribution in [-0.2, 0) is 28.6 Å². The van der Waals surface area contributed by atoms with E-state index in [1.807, 2.05) is 27.7 Å². The molecule has 0 radical (unpaired) electrons. The van der Waals surface area contributed by atoms with Crippen molar-refractivity contribution >= 4 is 17.9 Å². The van der Waals surface area contributed by atoms with Crippen LogP contribution in [0.15, 0.2) is 34.6 Å². The van der Waals surface area contributed by atoms with E-state index in [0.29, 0.717) is 24.2 Å². The number of allylic oxidation sites excluding steroid dienone is 2. The second kappa shape index (κ2) is 8.36. The highest BCUT2D eigenvalue weighted by Crippen LogP contribution is 2.63. The molecule has 1 saturated carbocycles. The van der Waals surface area contributed by atoms with Gasteiger partial charge in [-0.25, -0.2) is 4.79 Å². The molecule has 0 saturated heterocycles. The van der Waals surface area contributed by atoms with E-state index < -0.39 is 35.2 Å². The number of fused-ring (bicyclic) bond motifs is 5. The van der Waals surface area contributed by atoms with E-state index in [2.05, 4.69) is 6.08 Å². The fourth-order valence-electron chi connectivity index (χ4n) is 6.79. The highest BCUT2D eigenvalue weighted by Gasteiger charge is 2.65. The average molecular weight is 473 g/mol. The number of hydrogen-bond acceptors (Lipinski definition) is 7. The Kier molecular flexibility index (Phi) is 6.08. The van der Waals surface area contributed by atoms with Gasteiger partial charge in [-0.1, -0.05) is 32.4 Å². The van der Waals surface area contributed by atoms with Gasteiger partial charge in [0.05, 0.1) is 5.60 Å². The lowest BCUT2D eigenvalue weighted by Gasteiger charge is -2.60. The van der Waals surface area contributed by atoms with Crippen LogP contribution in [0.3, 0.4) is 0 Å². The van der Waals surface area contributed by atoms with Gasteiger partial charge in [0.1, 0.15) is 18.0 Å². The summed E-state index contributed by atoms with van der Waals surface area (Å²) in [6.45, 7) is 12.8. The van der Waals surface area contributed by atoms with E-state index in [1.54, 1.807) is 19.9 Å². The highest BCUT2D eigenvalue weighted by atomic mass is 16.6. The average Bonchev–Trinajstić information content (AvgIpc) is 2.96. The quantitative estimate of drug-likeness (QED) is 0.375. The molecule has 1 fully saturated rings. The summed E-state index contributed by atoms with van der Waals surface area (Å²) in [5, 5.41) is 11.5. The summed E-state index contributed by atoms with van der Waals surface area (Å²) in [6, 6.07) is 0. The maximum atomic E-state index is 12.9. The van der Waals surface area contributed by atoms with Gasteiger partial charge < -0.3 is 19.3 Å². The van der Waals surface area contributed by atoms with Crippen LogP contribution >= 0.6 is 0 Å². The maximum absolute atomic E-state index is 12.9. The molecule has 0 bridgehead atoms. The minimum absolute atomic E-state index is 0.141. The predicted molar refractivity (Wildman–Crippen MR) is 124 cm³/mol. The van der Waals surface area contributed by atoms with Gasteiger partial charge in [-0.2, -0.15) is 0 Å². The maximum Gasteiger partial charge on any atom is 0.339 e. The molecule has 4 aliphatic rings. The topological polar surface area (TPSA) is 99.1 Å². The van der Waals surface area contributed by atoms with Crippen molar-refractivity contribution in [2.75, 3.05) is 0 Å². The van der Waals surface area contributed by atoms with Gasteiger partial charge in [0.25, 0.3) is 0 Å². The first kappa shape index (κ1) is 24.7. The Labute approximate surface area is 201 Å². The Morgan fingerprint density at radius 3 is 2.50 bits per heavy atom. The Hall–Kier alpha value is -2.41. The third-order valence-electron chi connectivity index (χ3n) is 8.31. The molecule has 186 valence electrons. The number of ether oxygens (including phenoxy) is 3. The molecule has 7 atom stereocenters. The van der Waals surface area contributed by atoms with Gasteiger partial charge in [0.2, 0.25) is 0 Å². The lowest BCUT2D eigenvalue weighted by atomic mass is 9.46. The zero-order valence-corrected chi connectivity index (χ0v) is 21.1. The molecular formula is C27H36O7. The molecule has 1 aliphatic heterocycles. The van der Waals surface area contributed by atoms with Crippen LogP contribution in [0.2, 0.25) is 0 Å². The first-order chi connectivity index (χ1) is 15.8. The standard InChI is InChI=1S/C27H36O7/c1-13(2)10-21(29)34-20-11-17-23(22-15(4)25(30)33-18(22)12-26(17,6)31)24-14(3)8-9-19(27(20,24)7)32-16(5)28/h8,12-13,17,19-20,23-24,31H,9-11H2,1-7H3/t17?,19-,20-,23?,24+,26?,27+/m0/s1. The summed E-state index contributed by atoms with van der Waals surface area (Å²) in [6.07, 6.45) is 3.79. The van der Waals surface area contributed by atoms with Crippen molar-refractivity contribution in [1.29, 1.82) is 0 Å². The molecule has 0 aromatic rings. The molecule has 0 amide bonds. The van der Waals surface area contributed by atoms with Gasteiger partial charge in [0, 0.05) is 48.2 Å². The summed E-state index contributed by atoms with van der Waals surface area (Å²) >= 11 is 0. The van der Waals surface area contributed by atoms with Crippen LogP contribution in [0.1, 0.15) is 67.7 Å². The van der Waals surface area contributed by atoms with E-state index in [9.17, 15) is 19.5 Å². The first-order valence-electron chi connectivity index (χ1n) is 12.2. The van der Waals surface area contributed by atoms with Crippen molar-refractivity contribution in [3.63, 3.8) is 0 Å². The SMILES string of the molecule is CC(=O)O[C@H]1CC=C(C)[C@@H]2C3C4=C(C)C(=O)OC4=CC(C)(O)C3C[C@H](OC(=O)CC(C)C)[C@@]12C. The smallest absolute Gasteiger partial charge is 0.339 e. The third kappa shape index (κ3) is 3.82. The molecule has 0 spiro atoms. The van der Waals surface area contributed by atoms with Crippen molar-refractivity contribution in [3.8, 4) is 0 Å². The van der Waals surface area contributed by atoms with Crippen LogP contribution in [0, 0.1) is 29.1 Å². The fraction of sp³-hybridized carbons (Fsp3) is 0.667. The molecule has 0 aromatic carbocycles. The van der Waals surface area contributed by atoms with E-state index in [4.69, 9.17) is 14.2 Å². The van der Waals surface area contributed by atoms with Crippen molar-refractivity contribution in [2.24, 2.45) is 29.1 Å². The van der Waals surface area contributed by atoms with Crippen molar-refractivity contribution in [3.05, 3.63) is 34.6 Å². The number of esters is 3. The van der Waals surface area contributed by atoms with Crippen LogP contribution in [0.5, 0.6) is 0 Å². The Morgan fingerprint density at radius 1 is 1.21 bits per heavy atom. The Balaban J connectivity index is 1.88. The Morgan fingerprint density at radius 2 is 1.88 bits per heavy atom. The van der Waals surface area contributed by atoms with Crippen LogP contribution in [-0.4, -0.2) is 40.8 Å². The van der Waals surface area contributed by atoms with Gasteiger partial charge in [-0.15, -0.1) is 0 Å². The number of hydrogen-bond donors (Lipinski definition) is 1. The number of aliphatic hydroxyl groups is 1. The normalized spacial score (nSPS) is 38.9.